The molecule has 202 valence electrons. The van der Waals surface area contributed by atoms with E-state index in [1.54, 1.807) is 6.92 Å². The van der Waals surface area contributed by atoms with Crippen LogP contribution >= 0.6 is 0 Å². The van der Waals surface area contributed by atoms with Gasteiger partial charge in [0, 0.05) is 29.0 Å². The maximum Gasteiger partial charge on any atom is 0.433 e. The number of aromatic nitrogens is 3. The Morgan fingerprint density at radius 3 is 2.68 bits per heavy atom. The first kappa shape index (κ1) is 26.3. The molecule has 0 amide bonds. The first-order chi connectivity index (χ1) is 18.2. The van der Waals surface area contributed by atoms with E-state index < -0.39 is 24.0 Å². The lowest BCUT2D eigenvalue weighted by molar-refractivity contribution is -0.141. The largest absolute Gasteiger partial charge is 0.433 e. The number of fused-ring (bicyclic) bond motifs is 1. The Labute approximate surface area is 218 Å². The summed E-state index contributed by atoms with van der Waals surface area (Å²) >= 11 is 0. The first-order valence-corrected chi connectivity index (χ1v) is 13.0. The van der Waals surface area contributed by atoms with Gasteiger partial charge in [-0.2, -0.15) is 18.3 Å². The Morgan fingerprint density at radius 1 is 1.26 bits per heavy atom. The molecule has 2 aliphatic carbocycles. The molecule has 0 spiro atoms. The molecule has 38 heavy (non-hydrogen) atoms. The van der Waals surface area contributed by atoms with Crippen LogP contribution in [0, 0.1) is 11.3 Å². The number of aromatic amines is 1. The molecular formula is C27H32F3N7O. The van der Waals surface area contributed by atoms with Crippen LogP contribution in [-0.4, -0.2) is 44.6 Å². The second kappa shape index (κ2) is 10.5. The van der Waals surface area contributed by atoms with Gasteiger partial charge in [-0.3, -0.25) is 10.5 Å². The molecular weight excluding hydrogens is 495 g/mol. The van der Waals surface area contributed by atoms with Gasteiger partial charge in [0.25, 0.3) is 0 Å². The number of hydrogen-bond acceptors (Lipinski definition) is 5. The molecule has 5 rings (SSSR count). The maximum absolute atomic E-state index is 13.9. The summed E-state index contributed by atoms with van der Waals surface area (Å²) in [7, 11) is 0. The number of nitrogens with two attached hydrogens (primary N) is 1. The number of halogens is 3. The lowest BCUT2D eigenvalue weighted by Gasteiger charge is -2.33. The van der Waals surface area contributed by atoms with Crippen molar-refractivity contribution >= 4 is 23.1 Å². The van der Waals surface area contributed by atoms with Gasteiger partial charge >= 0.3 is 6.18 Å². The van der Waals surface area contributed by atoms with Crippen LogP contribution in [0.1, 0.15) is 74.4 Å². The minimum absolute atomic E-state index is 0.00185. The van der Waals surface area contributed by atoms with Crippen molar-refractivity contribution in [3.63, 3.8) is 0 Å². The van der Waals surface area contributed by atoms with Gasteiger partial charge in [-0.1, -0.05) is 24.6 Å². The molecule has 0 radical (unpaired) electrons. The first-order valence-electron chi connectivity index (χ1n) is 13.0. The highest BCUT2D eigenvalue weighted by Crippen LogP contribution is 2.41. The van der Waals surface area contributed by atoms with Crippen molar-refractivity contribution in [2.24, 2.45) is 16.6 Å². The maximum atomic E-state index is 13.9. The fourth-order valence-electron chi connectivity index (χ4n) is 5.75. The van der Waals surface area contributed by atoms with E-state index in [1.165, 1.54) is 0 Å². The number of hydrogen-bond donors (Lipinski definition) is 5. The molecule has 0 aliphatic heterocycles. The zero-order chi connectivity index (χ0) is 27.0. The zero-order valence-electron chi connectivity index (χ0n) is 21.1. The summed E-state index contributed by atoms with van der Waals surface area (Å²) in [5.74, 6) is 0.486. The number of aliphatic hydroxyl groups excluding tert-OH is 1. The van der Waals surface area contributed by atoms with Crippen molar-refractivity contribution in [1.29, 1.82) is 5.41 Å². The van der Waals surface area contributed by atoms with Gasteiger partial charge < -0.3 is 16.2 Å². The summed E-state index contributed by atoms with van der Waals surface area (Å²) in [6.07, 6.45) is 0.976. The molecule has 0 bridgehead atoms. The van der Waals surface area contributed by atoms with Crippen LogP contribution in [0.4, 0.5) is 13.2 Å². The van der Waals surface area contributed by atoms with Gasteiger partial charge in [0.05, 0.1) is 17.3 Å². The van der Waals surface area contributed by atoms with Gasteiger partial charge in [-0.15, -0.1) is 0 Å². The molecule has 3 aromatic rings. The van der Waals surface area contributed by atoms with Crippen molar-refractivity contribution in [1.82, 2.24) is 20.5 Å². The third kappa shape index (κ3) is 5.17. The third-order valence-corrected chi connectivity index (χ3v) is 7.85. The lowest BCUT2D eigenvalue weighted by atomic mass is 9.72. The van der Waals surface area contributed by atoms with Crippen LogP contribution in [-0.2, 0) is 6.18 Å². The third-order valence-electron chi connectivity index (χ3n) is 7.85. The Balaban J connectivity index is 1.57. The number of aliphatic imine (C=N–C) groups is 1. The fraction of sp³-hybridized carbons (Fsp3) is 0.481. The Hall–Kier alpha value is -3.31. The van der Waals surface area contributed by atoms with Crippen molar-refractivity contribution in [3.05, 3.63) is 47.3 Å². The lowest BCUT2D eigenvalue weighted by Crippen LogP contribution is -2.32. The zero-order valence-corrected chi connectivity index (χ0v) is 21.1. The minimum Gasteiger partial charge on any atom is -0.393 e. The number of alkyl halides is 3. The smallest absolute Gasteiger partial charge is 0.393 e. The van der Waals surface area contributed by atoms with E-state index in [9.17, 15) is 18.3 Å². The van der Waals surface area contributed by atoms with Crippen molar-refractivity contribution < 1.29 is 18.3 Å². The minimum atomic E-state index is -4.63. The molecule has 11 heteroatoms. The summed E-state index contributed by atoms with van der Waals surface area (Å²) in [6.45, 7) is 1.78. The van der Waals surface area contributed by atoms with Crippen LogP contribution in [0.25, 0.3) is 22.2 Å². The molecule has 2 aliphatic rings. The number of aliphatic hydroxyl groups is 1. The number of H-pyrrole nitrogens is 1. The number of amidine groups is 1. The molecule has 2 fully saturated rings. The van der Waals surface area contributed by atoms with Crippen LogP contribution in [0.15, 0.2) is 35.3 Å². The van der Waals surface area contributed by atoms with Crippen molar-refractivity contribution in [3.8, 4) is 11.3 Å². The van der Waals surface area contributed by atoms with E-state index in [4.69, 9.17) is 11.1 Å². The average molecular weight is 528 g/mol. The highest BCUT2D eigenvalue weighted by atomic mass is 19.4. The molecule has 0 saturated heterocycles. The molecule has 8 nitrogen and oxygen atoms in total. The summed E-state index contributed by atoms with van der Waals surface area (Å²) in [5.41, 5.74) is 7.90. The standard InChI is InChI=1S/C27H32F3N7O/c1-14(34-18-8-9-19(38)11-18)23-25-20(12-21(35-23)27(28,29)30)24(36-37-25)17-7-3-6-16(10-17)22(15-4-2-5-15)26(32)33-13-31/h3,6-7,10,12-15,18-19,22,34,38H,2,4-5,8-9,11H2,1H3,(H,36,37)(H3,31,32,33). The molecule has 2 heterocycles. The summed E-state index contributed by atoms with van der Waals surface area (Å²) in [4.78, 5) is 8.02. The van der Waals surface area contributed by atoms with Gasteiger partial charge in [0.2, 0.25) is 0 Å². The van der Waals surface area contributed by atoms with Gasteiger partial charge in [0.1, 0.15) is 23.6 Å². The fourth-order valence-corrected chi connectivity index (χ4v) is 5.75. The Bertz CT molecular complexity index is 1350. The van der Waals surface area contributed by atoms with Gasteiger partial charge in [-0.25, -0.2) is 9.98 Å². The molecule has 6 N–H and O–H groups in total. The van der Waals surface area contributed by atoms with Crippen LogP contribution in [0.3, 0.4) is 0 Å². The van der Waals surface area contributed by atoms with E-state index >= 15 is 0 Å². The summed E-state index contributed by atoms with van der Waals surface area (Å²) < 4.78 is 41.8. The van der Waals surface area contributed by atoms with Gasteiger partial charge in [-0.05, 0) is 62.6 Å². The number of rotatable bonds is 8. The van der Waals surface area contributed by atoms with Crippen LogP contribution < -0.4 is 11.1 Å². The second-order valence-electron chi connectivity index (χ2n) is 10.4. The average Bonchev–Trinajstić information content (AvgIpc) is 3.46. The second-order valence-corrected chi connectivity index (χ2v) is 10.4. The highest BCUT2D eigenvalue weighted by Gasteiger charge is 2.36. The molecule has 2 aromatic heterocycles. The van der Waals surface area contributed by atoms with E-state index in [0.29, 0.717) is 46.8 Å². The predicted molar refractivity (Wildman–Crippen MR) is 140 cm³/mol. The quantitative estimate of drug-likeness (QED) is 0.206. The number of nitrogens with zero attached hydrogens (tertiary/aromatic N) is 3. The predicted octanol–water partition coefficient (Wildman–Crippen LogP) is 5.06. The number of pyridine rings is 1. The molecule has 4 unspecified atom stereocenters. The highest BCUT2D eigenvalue weighted by molar-refractivity contribution is 5.96. The van der Waals surface area contributed by atoms with E-state index in [-0.39, 0.29) is 17.7 Å². The normalized spacial score (nSPS) is 22.4. The monoisotopic (exact) mass is 527 g/mol. The van der Waals surface area contributed by atoms with Crippen molar-refractivity contribution in [2.75, 3.05) is 0 Å². The topological polar surface area (TPSA) is 136 Å². The van der Waals surface area contributed by atoms with E-state index in [1.807, 2.05) is 24.3 Å². The Kier molecular flexibility index (Phi) is 7.23. The molecule has 1 aromatic carbocycles. The Morgan fingerprint density at radius 2 is 2.05 bits per heavy atom. The summed E-state index contributed by atoms with van der Waals surface area (Å²) in [6, 6.07) is 8.05. The van der Waals surface area contributed by atoms with E-state index in [0.717, 1.165) is 43.7 Å². The van der Waals surface area contributed by atoms with Crippen LogP contribution in [0.2, 0.25) is 0 Å². The summed E-state index contributed by atoms with van der Waals surface area (Å²) in [5, 5.41) is 28.2. The molecule has 2 saturated carbocycles. The van der Waals surface area contributed by atoms with Crippen LogP contribution in [0.5, 0.6) is 0 Å². The number of nitrogens with one attached hydrogen (secondary N) is 3. The SMILES string of the molecule is CC(NC1CCC(O)C1)c1nc(C(F)(F)F)cc2c(-c3cccc(C(C(N)=NC=N)C4CCC4)c3)n[nH]c12. The van der Waals surface area contributed by atoms with Gasteiger partial charge in [0.15, 0.2) is 0 Å². The van der Waals surface area contributed by atoms with Crippen molar-refractivity contribution in [2.45, 2.75) is 75.7 Å². The number of benzene rings is 1. The van der Waals surface area contributed by atoms with E-state index in [2.05, 4.69) is 25.5 Å². The molecule has 4 atom stereocenters.